The third kappa shape index (κ3) is 5.73. The SMILES string of the molecule is CCCC#CC(=O)OC(C#Cc1ccccc1)c1ccccc1. The second-order valence-corrected chi connectivity index (χ2v) is 4.88. The Labute approximate surface area is 137 Å². The molecule has 2 heteroatoms. The fourth-order valence-corrected chi connectivity index (χ4v) is 1.88. The van der Waals surface area contributed by atoms with Crippen LogP contribution in [0.25, 0.3) is 0 Å². The first kappa shape index (κ1) is 16.4. The third-order valence-electron chi connectivity index (χ3n) is 3.01. The monoisotopic (exact) mass is 302 g/mol. The maximum atomic E-state index is 11.8. The lowest BCUT2D eigenvalue weighted by atomic mass is 10.1. The van der Waals surface area contributed by atoms with Gasteiger partial charge in [0, 0.05) is 23.5 Å². The number of carbonyl (C=O) groups is 1. The van der Waals surface area contributed by atoms with E-state index in [4.69, 9.17) is 4.74 Å². The number of unbranched alkanes of at least 4 members (excludes halogenated alkanes) is 1. The van der Waals surface area contributed by atoms with E-state index in [1.54, 1.807) is 0 Å². The molecule has 2 nitrogen and oxygen atoms in total. The molecule has 0 spiro atoms. The first-order chi connectivity index (χ1) is 11.3. The average Bonchev–Trinajstić information content (AvgIpc) is 2.60. The summed E-state index contributed by atoms with van der Waals surface area (Å²) in [4.78, 5) is 11.8. The van der Waals surface area contributed by atoms with Crippen LogP contribution in [-0.4, -0.2) is 5.97 Å². The van der Waals surface area contributed by atoms with Gasteiger partial charge in [0.1, 0.15) is 0 Å². The highest BCUT2D eigenvalue weighted by atomic mass is 16.5. The Hall–Kier alpha value is -2.97. The topological polar surface area (TPSA) is 26.3 Å². The zero-order chi connectivity index (χ0) is 16.3. The molecule has 0 aliphatic heterocycles. The van der Waals surface area contributed by atoms with Gasteiger partial charge in [0.05, 0.1) is 0 Å². The maximum Gasteiger partial charge on any atom is 0.385 e. The van der Waals surface area contributed by atoms with E-state index in [0.29, 0.717) is 6.42 Å². The van der Waals surface area contributed by atoms with Gasteiger partial charge in [-0.1, -0.05) is 67.3 Å². The van der Waals surface area contributed by atoms with Gasteiger partial charge in [-0.25, -0.2) is 4.79 Å². The highest BCUT2D eigenvalue weighted by molar-refractivity contribution is 5.88. The molecule has 0 amide bonds. The first-order valence-electron chi connectivity index (χ1n) is 7.60. The molecule has 0 aliphatic rings. The number of carbonyl (C=O) groups excluding carboxylic acids is 1. The third-order valence-corrected chi connectivity index (χ3v) is 3.01. The molecule has 1 atom stereocenters. The normalized spacial score (nSPS) is 10.5. The molecule has 0 heterocycles. The molecule has 0 aliphatic carbocycles. The predicted octanol–water partition coefficient (Wildman–Crippen LogP) is 4.13. The zero-order valence-electron chi connectivity index (χ0n) is 13.1. The van der Waals surface area contributed by atoms with E-state index in [1.807, 2.05) is 67.6 Å². The molecule has 0 bridgehead atoms. The summed E-state index contributed by atoms with van der Waals surface area (Å²) >= 11 is 0. The summed E-state index contributed by atoms with van der Waals surface area (Å²) < 4.78 is 5.42. The smallest absolute Gasteiger partial charge is 0.385 e. The van der Waals surface area contributed by atoms with E-state index >= 15 is 0 Å². The molecule has 114 valence electrons. The standard InChI is InChI=1S/C21H18O2/c1-2-3-6-15-21(22)23-20(19-13-9-5-10-14-19)17-16-18-11-7-4-8-12-18/h4-5,7-14,20H,2-3H2,1H3. The van der Waals surface area contributed by atoms with Gasteiger partial charge in [-0.2, -0.15) is 0 Å². The molecule has 0 radical (unpaired) electrons. The summed E-state index contributed by atoms with van der Waals surface area (Å²) in [5.41, 5.74) is 1.71. The fraction of sp³-hybridized carbons (Fsp3) is 0.190. The van der Waals surface area contributed by atoms with Crippen molar-refractivity contribution in [2.75, 3.05) is 0 Å². The molecule has 0 fully saturated rings. The van der Waals surface area contributed by atoms with Crippen LogP contribution in [0.2, 0.25) is 0 Å². The van der Waals surface area contributed by atoms with Crippen molar-refractivity contribution in [1.82, 2.24) is 0 Å². The van der Waals surface area contributed by atoms with Crippen LogP contribution >= 0.6 is 0 Å². The number of esters is 1. The van der Waals surface area contributed by atoms with E-state index in [2.05, 4.69) is 23.7 Å². The van der Waals surface area contributed by atoms with Crippen LogP contribution in [0.15, 0.2) is 60.7 Å². The Kier molecular flexibility index (Phi) is 6.51. The minimum Gasteiger partial charge on any atom is -0.435 e. The Morgan fingerprint density at radius 3 is 2.35 bits per heavy atom. The molecule has 23 heavy (non-hydrogen) atoms. The van der Waals surface area contributed by atoms with Crippen molar-refractivity contribution >= 4 is 5.97 Å². The summed E-state index contributed by atoms with van der Waals surface area (Å²) in [5.74, 6) is 10.8. The molecule has 0 aromatic heterocycles. The van der Waals surface area contributed by atoms with Crippen molar-refractivity contribution in [1.29, 1.82) is 0 Å². The van der Waals surface area contributed by atoms with E-state index in [1.165, 1.54) is 0 Å². The van der Waals surface area contributed by atoms with Gasteiger partial charge in [-0.3, -0.25) is 0 Å². The predicted molar refractivity (Wildman–Crippen MR) is 91.3 cm³/mol. The number of benzene rings is 2. The largest absolute Gasteiger partial charge is 0.435 e. The van der Waals surface area contributed by atoms with Crippen molar-refractivity contribution in [2.45, 2.75) is 25.9 Å². The van der Waals surface area contributed by atoms with E-state index in [0.717, 1.165) is 17.5 Å². The molecular weight excluding hydrogens is 284 g/mol. The second-order valence-electron chi connectivity index (χ2n) is 4.88. The molecule has 2 aromatic carbocycles. The quantitative estimate of drug-likeness (QED) is 0.484. The van der Waals surface area contributed by atoms with Crippen LogP contribution in [0.3, 0.4) is 0 Å². The molecule has 1 unspecified atom stereocenters. The van der Waals surface area contributed by atoms with Crippen molar-refractivity contribution in [3.05, 3.63) is 71.8 Å². The molecule has 2 aromatic rings. The molecular formula is C21H18O2. The fourth-order valence-electron chi connectivity index (χ4n) is 1.88. The van der Waals surface area contributed by atoms with E-state index in [-0.39, 0.29) is 0 Å². The minimum absolute atomic E-state index is 0.547. The van der Waals surface area contributed by atoms with Gasteiger partial charge < -0.3 is 4.74 Å². The number of hydrogen-bond acceptors (Lipinski definition) is 2. The van der Waals surface area contributed by atoms with Crippen LogP contribution < -0.4 is 0 Å². The van der Waals surface area contributed by atoms with Crippen LogP contribution in [0.5, 0.6) is 0 Å². The molecule has 0 saturated carbocycles. The maximum absolute atomic E-state index is 11.8. The molecule has 0 saturated heterocycles. The second kappa shape index (κ2) is 9.13. The number of ether oxygens (including phenoxy) is 1. The van der Waals surface area contributed by atoms with Crippen molar-refractivity contribution < 1.29 is 9.53 Å². The van der Waals surface area contributed by atoms with Crippen molar-refractivity contribution in [3.8, 4) is 23.7 Å². The van der Waals surface area contributed by atoms with Gasteiger partial charge in [-0.15, -0.1) is 0 Å². The first-order valence-corrected chi connectivity index (χ1v) is 7.60. The lowest BCUT2D eigenvalue weighted by Crippen LogP contribution is -2.08. The highest BCUT2D eigenvalue weighted by Gasteiger charge is 2.12. The van der Waals surface area contributed by atoms with Gasteiger partial charge >= 0.3 is 5.97 Å². The molecule has 0 N–H and O–H groups in total. The van der Waals surface area contributed by atoms with Crippen molar-refractivity contribution in [2.24, 2.45) is 0 Å². The Bertz CT molecular complexity index is 740. The van der Waals surface area contributed by atoms with E-state index < -0.39 is 12.1 Å². The summed E-state index contributed by atoms with van der Waals surface area (Å²) in [6, 6.07) is 19.1. The van der Waals surface area contributed by atoms with Gasteiger partial charge in [0.15, 0.2) is 6.10 Å². The van der Waals surface area contributed by atoms with Gasteiger partial charge in [0.2, 0.25) is 0 Å². The summed E-state index contributed by atoms with van der Waals surface area (Å²) in [5, 5.41) is 0. The average molecular weight is 302 g/mol. The Morgan fingerprint density at radius 2 is 1.70 bits per heavy atom. The van der Waals surface area contributed by atoms with Crippen LogP contribution in [-0.2, 0) is 9.53 Å². The zero-order valence-corrected chi connectivity index (χ0v) is 13.1. The lowest BCUT2D eigenvalue weighted by molar-refractivity contribution is -0.139. The summed E-state index contributed by atoms with van der Waals surface area (Å²) in [6.07, 6.45) is 0.969. The van der Waals surface area contributed by atoms with Crippen LogP contribution in [0.4, 0.5) is 0 Å². The van der Waals surface area contributed by atoms with Gasteiger partial charge in [-0.05, 0) is 24.5 Å². The Balaban J connectivity index is 2.19. The number of hydrogen-bond donors (Lipinski definition) is 0. The Morgan fingerprint density at radius 1 is 1.04 bits per heavy atom. The lowest BCUT2D eigenvalue weighted by Gasteiger charge is -2.10. The summed E-state index contributed by atoms with van der Waals surface area (Å²) in [7, 11) is 0. The van der Waals surface area contributed by atoms with Crippen LogP contribution in [0.1, 0.15) is 37.0 Å². The highest BCUT2D eigenvalue weighted by Crippen LogP contribution is 2.16. The summed E-state index contributed by atoms with van der Waals surface area (Å²) in [6.45, 7) is 2.01. The van der Waals surface area contributed by atoms with Gasteiger partial charge in [0.25, 0.3) is 0 Å². The van der Waals surface area contributed by atoms with Crippen molar-refractivity contribution in [3.63, 3.8) is 0 Å². The van der Waals surface area contributed by atoms with E-state index in [9.17, 15) is 4.79 Å². The number of rotatable bonds is 3. The van der Waals surface area contributed by atoms with Crippen LogP contribution in [0, 0.1) is 23.7 Å². The molecule has 2 rings (SSSR count). The minimum atomic E-state index is -0.625.